The summed E-state index contributed by atoms with van der Waals surface area (Å²) in [5.41, 5.74) is 6.53. The standard InChI is InChI=1S/C37H43N3O6/c1-25(31-19-18-28-6-3-4-7-32(28)20-31)40(2)23-33-21-34(29-14-12-27(24-41)13-15-29)46-37(45-33)30-16-10-26(11-17-30)22-38-35(42)8-5-9-36(43)39-44/h3-4,6-7,10-20,25,33-34,37,41,44H,5,8-9,21-24H2,1-2H3,(H,38,42)(H,39,43)/t25-,33-,34+,37+/m1/s1. The van der Waals surface area contributed by atoms with Gasteiger partial charge in [-0.25, -0.2) is 5.48 Å². The van der Waals surface area contributed by atoms with Crippen molar-refractivity contribution in [3.63, 3.8) is 0 Å². The summed E-state index contributed by atoms with van der Waals surface area (Å²) < 4.78 is 13.1. The fraction of sp³-hybridized carbons (Fsp3) is 0.351. The van der Waals surface area contributed by atoms with E-state index in [4.69, 9.17) is 14.7 Å². The van der Waals surface area contributed by atoms with E-state index < -0.39 is 12.2 Å². The highest BCUT2D eigenvalue weighted by atomic mass is 16.7. The molecule has 0 aromatic heterocycles. The molecule has 9 nitrogen and oxygen atoms in total. The zero-order valence-electron chi connectivity index (χ0n) is 26.4. The van der Waals surface area contributed by atoms with Crippen LogP contribution in [0.2, 0.25) is 0 Å². The van der Waals surface area contributed by atoms with E-state index in [1.165, 1.54) is 16.3 Å². The van der Waals surface area contributed by atoms with Gasteiger partial charge in [0.1, 0.15) is 0 Å². The van der Waals surface area contributed by atoms with Gasteiger partial charge in [0.05, 0.1) is 18.8 Å². The molecule has 1 aliphatic rings. The summed E-state index contributed by atoms with van der Waals surface area (Å²) in [6.07, 6.45) is 0.473. The number of benzene rings is 4. The van der Waals surface area contributed by atoms with E-state index in [2.05, 4.69) is 66.7 Å². The summed E-state index contributed by atoms with van der Waals surface area (Å²) in [4.78, 5) is 25.6. The number of carbonyl (C=O) groups excluding carboxylic acids is 2. The first-order valence-electron chi connectivity index (χ1n) is 15.8. The smallest absolute Gasteiger partial charge is 0.243 e. The third-order valence-electron chi connectivity index (χ3n) is 8.70. The van der Waals surface area contributed by atoms with Crippen molar-refractivity contribution >= 4 is 22.6 Å². The molecule has 4 aromatic carbocycles. The largest absolute Gasteiger partial charge is 0.392 e. The summed E-state index contributed by atoms with van der Waals surface area (Å²) in [5, 5.41) is 23.4. The zero-order chi connectivity index (χ0) is 32.5. The SMILES string of the molecule is C[C@H](c1ccc2ccccc2c1)N(C)C[C@H]1C[C@@H](c2ccc(CO)cc2)O[C@@H](c2ccc(CNC(=O)CCCC(=O)NO)cc2)O1. The molecule has 4 atom stereocenters. The maximum atomic E-state index is 12.2. The number of fused-ring (bicyclic) bond motifs is 1. The number of aliphatic hydroxyl groups excluding tert-OH is 1. The van der Waals surface area contributed by atoms with Gasteiger partial charge in [0.2, 0.25) is 11.8 Å². The van der Waals surface area contributed by atoms with E-state index in [1.54, 1.807) is 5.48 Å². The summed E-state index contributed by atoms with van der Waals surface area (Å²) in [6.45, 7) is 3.28. The maximum Gasteiger partial charge on any atom is 0.243 e. The molecular formula is C37H43N3O6. The summed E-state index contributed by atoms with van der Waals surface area (Å²) in [5.74, 6) is -0.665. The van der Waals surface area contributed by atoms with Gasteiger partial charge < -0.3 is 19.9 Å². The van der Waals surface area contributed by atoms with Crippen molar-refractivity contribution in [2.75, 3.05) is 13.6 Å². The molecule has 4 N–H and O–H groups in total. The van der Waals surface area contributed by atoms with Crippen LogP contribution in [0.1, 0.15) is 78.9 Å². The molecule has 5 rings (SSSR count). The predicted octanol–water partition coefficient (Wildman–Crippen LogP) is 5.86. The molecule has 46 heavy (non-hydrogen) atoms. The van der Waals surface area contributed by atoms with Crippen LogP contribution in [-0.2, 0) is 32.2 Å². The number of rotatable bonds is 13. The van der Waals surface area contributed by atoms with Crippen LogP contribution >= 0.6 is 0 Å². The molecule has 9 heteroatoms. The first-order valence-corrected chi connectivity index (χ1v) is 15.8. The predicted molar refractivity (Wildman–Crippen MR) is 175 cm³/mol. The molecule has 0 saturated carbocycles. The van der Waals surface area contributed by atoms with Gasteiger partial charge in [0.15, 0.2) is 6.29 Å². The monoisotopic (exact) mass is 625 g/mol. The molecule has 1 saturated heterocycles. The van der Waals surface area contributed by atoms with Crippen molar-refractivity contribution in [2.24, 2.45) is 0 Å². The van der Waals surface area contributed by atoms with E-state index in [0.29, 0.717) is 25.9 Å². The lowest BCUT2D eigenvalue weighted by Crippen LogP contribution is -2.38. The van der Waals surface area contributed by atoms with E-state index >= 15 is 0 Å². The number of hydrogen-bond acceptors (Lipinski definition) is 7. The third kappa shape index (κ3) is 8.78. The Hall–Kier alpha value is -4.12. The number of amides is 2. The Morgan fingerprint density at radius 3 is 2.26 bits per heavy atom. The molecule has 4 aromatic rings. The number of aliphatic hydroxyl groups is 1. The molecule has 0 radical (unpaired) electrons. The lowest BCUT2D eigenvalue weighted by atomic mass is 9.98. The lowest BCUT2D eigenvalue weighted by molar-refractivity contribution is -0.253. The minimum Gasteiger partial charge on any atom is -0.392 e. The second kappa shape index (κ2) is 15.9. The van der Waals surface area contributed by atoms with Gasteiger partial charge in [0.25, 0.3) is 0 Å². The van der Waals surface area contributed by atoms with E-state index in [1.807, 2.05) is 48.5 Å². The fourth-order valence-corrected chi connectivity index (χ4v) is 5.78. The summed E-state index contributed by atoms with van der Waals surface area (Å²) >= 11 is 0. The average molecular weight is 626 g/mol. The average Bonchev–Trinajstić information content (AvgIpc) is 3.10. The van der Waals surface area contributed by atoms with Crippen molar-refractivity contribution in [2.45, 2.75) is 70.3 Å². The molecule has 242 valence electrons. The quantitative estimate of drug-likeness (QED) is 0.109. The molecule has 0 spiro atoms. The van der Waals surface area contributed by atoms with E-state index in [0.717, 1.165) is 22.3 Å². The van der Waals surface area contributed by atoms with Gasteiger partial charge in [0, 0.05) is 44.0 Å². The molecule has 0 bridgehead atoms. The van der Waals surface area contributed by atoms with Gasteiger partial charge in [-0.2, -0.15) is 0 Å². The fourth-order valence-electron chi connectivity index (χ4n) is 5.78. The highest BCUT2D eigenvalue weighted by Crippen LogP contribution is 2.38. The number of hydrogen-bond donors (Lipinski definition) is 4. The number of hydroxylamine groups is 1. The van der Waals surface area contributed by atoms with Crippen LogP contribution in [-0.4, -0.2) is 46.7 Å². The van der Waals surface area contributed by atoms with Crippen molar-refractivity contribution in [1.29, 1.82) is 0 Å². The normalized spacial score (nSPS) is 18.8. The second-order valence-electron chi connectivity index (χ2n) is 12.0. The third-order valence-corrected chi connectivity index (χ3v) is 8.70. The molecule has 1 aliphatic heterocycles. The van der Waals surface area contributed by atoms with Crippen LogP contribution in [0.4, 0.5) is 0 Å². The Morgan fingerprint density at radius 1 is 0.870 bits per heavy atom. The van der Waals surface area contributed by atoms with Crippen molar-refractivity contribution in [3.05, 3.63) is 119 Å². The van der Waals surface area contributed by atoms with Crippen molar-refractivity contribution < 1.29 is 29.4 Å². The minimum atomic E-state index is -0.577. The number of carbonyl (C=O) groups is 2. The van der Waals surface area contributed by atoms with Gasteiger partial charge in [-0.05, 0) is 59.5 Å². The molecule has 1 heterocycles. The number of nitrogens with zero attached hydrogens (tertiary/aromatic N) is 1. The van der Waals surface area contributed by atoms with Crippen molar-refractivity contribution in [3.8, 4) is 0 Å². The Balaban J connectivity index is 1.25. The Kier molecular flexibility index (Phi) is 11.5. The van der Waals surface area contributed by atoms with Crippen molar-refractivity contribution in [1.82, 2.24) is 15.7 Å². The van der Waals surface area contributed by atoms with Crippen LogP contribution in [0.5, 0.6) is 0 Å². The Bertz CT molecular complexity index is 1590. The highest BCUT2D eigenvalue weighted by molar-refractivity contribution is 5.83. The van der Waals surface area contributed by atoms with E-state index in [9.17, 15) is 14.7 Å². The van der Waals surface area contributed by atoms with Crippen LogP contribution in [0, 0.1) is 0 Å². The van der Waals surface area contributed by atoms with E-state index in [-0.39, 0.29) is 43.6 Å². The topological polar surface area (TPSA) is 120 Å². The molecule has 2 amide bonds. The zero-order valence-corrected chi connectivity index (χ0v) is 26.4. The van der Waals surface area contributed by atoms with Crippen LogP contribution < -0.4 is 10.8 Å². The lowest BCUT2D eigenvalue weighted by Gasteiger charge is -2.39. The highest BCUT2D eigenvalue weighted by Gasteiger charge is 2.33. The molecule has 0 unspecified atom stereocenters. The van der Waals surface area contributed by atoms with Gasteiger partial charge in [-0.3, -0.25) is 19.7 Å². The van der Waals surface area contributed by atoms with Gasteiger partial charge in [-0.15, -0.1) is 0 Å². The maximum absolute atomic E-state index is 12.2. The summed E-state index contributed by atoms with van der Waals surface area (Å²) in [6, 6.07) is 30.9. The first-order chi connectivity index (χ1) is 22.3. The van der Waals surface area contributed by atoms with Gasteiger partial charge >= 0.3 is 0 Å². The van der Waals surface area contributed by atoms with Crippen LogP contribution in [0.25, 0.3) is 10.8 Å². The number of nitrogens with one attached hydrogen (secondary N) is 2. The first kappa shape index (κ1) is 33.2. The van der Waals surface area contributed by atoms with Crippen LogP contribution in [0.3, 0.4) is 0 Å². The number of ether oxygens (including phenoxy) is 2. The van der Waals surface area contributed by atoms with Gasteiger partial charge in [-0.1, -0.05) is 84.9 Å². The second-order valence-corrected chi connectivity index (χ2v) is 12.0. The molecule has 0 aliphatic carbocycles. The summed E-state index contributed by atoms with van der Waals surface area (Å²) in [7, 11) is 2.13. The Morgan fingerprint density at radius 2 is 1.54 bits per heavy atom. The minimum absolute atomic E-state index is 0.00864. The number of likely N-dealkylation sites (N-methyl/N-ethyl adjacent to an activating group) is 1. The molecule has 1 fully saturated rings. The molecular weight excluding hydrogens is 582 g/mol. The Labute approximate surface area is 270 Å². The van der Waals surface area contributed by atoms with Crippen LogP contribution in [0.15, 0.2) is 91.0 Å².